The Hall–Kier alpha value is -1.48. The molecule has 0 aromatic heterocycles. The van der Waals surface area contributed by atoms with Crippen LogP contribution in [0.1, 0.15) is 15.9 Å². The van der Waals surface area contributed by atoms with Gasteiger partial charge in [-0.05, 0) is 30.8 Å². The maximum atomic E-state index is 12.8. The predicted molar refractivity (Wildman–Crippen MR) is 54.7 cm³/mol. The van der Waals surface area contributed by atoms with Gasteiger partial charge < -0.3 is 5.32 Å². The average molecular weight is 193 g/mol. The van der Waals surface area contributed by atoms with Gasteiger partial charge >= 0.3 is 0 Å². The molecule has 1 aromatic rings. The van der Waals surface area contributed by atoms with Gasteiger partial charge in [-0.15, -0.1) is 0 Å². The van der Waals surface area contributed by atoms with Crippen LogP contribution in [0.15, 0.2) is 24.3 Å². The maximum Gasteiger partial charge on any atom is 0.150 e. The third kappa shape index (κ3) is 2.78. The molecule has 2 nitrogen and oxygen atoms in total. The lowest BCUT2D eigenvalue weighted by Gasteiger charge is -1.98. The standard InChI is InChI=1S/C11H12FNO/c1-13-6-2-3-9-7-11(12)5-4-10(9)8-14/h2-5,7-8,13H,6H2,1H3. The molecule has 3 heteroatoms. The number of hydrogen-bond donors (Lipinski definition) is 1. The molecule has 0 saturated carbocycles. The number of carbonyl (C=O) groups is 1. The average Bonchev–Trinajstić information content (AvgIpc) is 2.19. The van der Waals surface area contributed by atoms with Gasteiger partial charge in [0.2, 0.25) is 0 Å². The lowest BCUT2D eigenvalue weighted by atomic mass is 10.1. The zero-order chi connectivity index (χ0) is 10.4. The van der Waals surface area contributed by atoms with Gasteiger partial charge in [-0.1, -0.05) is 12.2 Å². The van der Waals surface area contributed by atoms with Crippen LogP contribution in [0.3, 0.4) is 0 Å². The number of benzene rings is 1. The monoisotopic (exact) mass is 193 g/mol. The Bertz CT molecular complexity index is 347. The van der Waals surface area contributed by atoms with Gasteiger partial charge in [0.1, 0.15) is 5.82 Å². The summed E-state index contributed by atoms with van der Waals surface area (Å²) in [5, 5.41) is 2.92. The molecular formula is C11H12FNO. The molecule has 0 unspecified atom stereocenters. The van der Waals surface area contributed by atoms with Crippen molar-refractivity contribution >= 4 is 12.4 Å². The second-order valence-corrected chi connectivity index (χ2v) is 2.85. The number of nitrogens with one attached hydrogen (secondary N) is 1. The van der Waals surface area contributed by atoms with E-state index >= 15 is 0 Å². The van der Waals surface area contributed by atoms with Gasteiger partial charge in [-0.2, -0.15) is 0 Å². The summed E-state index contributed by atoms with van der Waals surface area (Å²) in [4.78, 5) is 10.6. The SMILES string of the molecule is CNCC=Cc1cc(F)ccc1C=O. The van der Waals surface area contributed by atoms with Gasteiger partial charge in [0.15, 0.2) is 6.29 Å². The third-order valence-corrected chi connectivity index (χ3v) is 1.80. The van der Waals surface area contributed by atoms with Crippen molar-refractivity contribution in [1.82, 2.24) is 5.32 Å². The van der Waals surface area contributed by atoms with Crippen molar-refractivity contribution in [1.29, 1.82) is 0 Å². The topological polar surface area (TPSA) is 29.1 Å². The molecule has 0 heterocycles. The molecule has 0 radical (unpaired) electrons. The Balaban J connectivity index is 2.92. The van der Waals surface area contributed by atoms with Crippen molar-refractivity contribution in [2.45, 2.75) is 0 Å². The van der Waals surface area contributed by atoms with E-state index in [1.54, 1.807) is 6.08 Å². The van der Waals surface area contributed by atoms with Gasteiger partial charge in [-0.3, -0.25) is 4.79 Å². The summed E-state index contributed by atoms with van der Waals surface area (Å²) in [5.74, 6) is -0.334. The zero-order valence-corrected chi connectivity index (χ0v) is 7.96. The van der Waals surface area contributed by atoms with Gasteiger partial charge in [-0.25, -0.2) is 4.39 Å². The molecule has 14 heavy (non-hydrogen) atoms. The molecule has 0 atom stereocenters. The Labute approximate surface area is 82.4 Å². The quantitative estimate of drug-likeness (QED) is 0.739. The van der Waals surface area contributed by atoms with E-state index in [1.165, 1.54) is 18.2 Å². The van der Waals surface area contributed by atoms with Crippen LogP contribution in [-0.2, 0) is 0 Å². The molecular weight excluding hydrogens is 181 g/mol. The zero-order valence-electron chi connectivity index (χ0n) is 7.96. The van der Waals surface area contributed by atoms with Crippen LogP contribution < -0.4 is 5.32 Å². The van der Waals surface area contributed by atoms with Crippen LogP contribution in [0, 0.1) is 5.82 Å². The van der Waals surface area contributed by atoms with Gasteiger partial charge in [0.25, 0.3) is 0 Å². The minimum atomic E-state index is -0.334. The summed E-state index contributed by atoms with van der Waals surface area (Å²) < 4.78 is 12.8. The fraction of sp³-hybridized carbons (Fsp3) is 0.182. The third-order valence-electron chi connectivity index (χ3n) is 1.80. The fourth-order valence-corrected chi connectivity index (χ4v) is 1.10. The normalized spacial score (nSPS) is 10.7. The van der Waals surface area contributed by atoms with Crippen molar-refractivity contribution in [3.63, 3.8) is 0 Å². The summed E-state index contributed by atoms with van der Waals surface area (Å²) in [5.41, 5.74) is 1.11. The molecule has 0 spiro atoms. The first-order valence-electron chi connectivity index (χ1n) is 4.34. The fourth-order valence-electron chi connectivity index (χ4n) is 1.10. The minimum Gasteiger partial charge on any atom is -0.316 e. The van der Waals surface area contributed by atoms with E-state index in [0.717, 1.165) is 6.29 Å². The van der Waals surface area contributed by atoms with E-state index < -0.39 is 0 Å². The first-order chi connectivity index (χ1) is 6.77. The second kappa shape index (κ2) is 5.29. The Morgan fingerprint density at radius 2 is 2.21 bits per heavy atom. The summed E-state index contributed by atoms with van der Waals surface area (Å²) in [6, 6.07) is 4.09. The number of carbonyl (C=O) groups excluding carboxylic acids is 1. The Morgan fingerprint density at radius 3 is 2.86 bits per heavy atom. The summed E-state index contributed by atoms with van der Waals surface area (Å²) >= 11 is 0. The number of aldehydes is 1. The minimum absolute atomic E-state index is 0.334. The van der Waals surface area contributed by atoms with Crippen LogP contribution in [-0.4, -0.2) is 19.9 Å². The molecule has 1 aromatic carbocycles. The van der Waals surface area contributed by atoms with Crippen LogP contribution in [0.4, 0.5) is 4.39 Å². The highest BCUT2D eigenvalue weighted by Gasteiger charge is 1.99. The van der Waals surface area contributed by atoms with E-state index in [0.29, 0.717) is 17.7 Å². The van der Waals surface area contributed by atoms with Crippen molar-refractivity contribution < 1.29 is 9.18 Å². The van der Waals surface area contributed by atoms with Gasteiger partial charge in [0.05, 0.1) is 0 Å². The molecule has 0 amide bonds. The van der Waals surface area contributed by atoms with Crippen LogP contribution >= 0.6 is 0 Å². The lowest BCUT2D eigenvalue weighted by Crippen LogP contribution is -2.03. The lowest BCUT2D eigenvalue weighted by molar-refractivity contribution is 0.112. The molecule has 0 fully saturated rings. The molecule has 0 bridgehead atoms. The van der Waals surface area contributed by atoms with E-state index in [2.05, 4.69) is 5.32 Å². The number of likely N-dealkylation sites (N-methyl/N-ethyl adjacent to an activating group) is 1. The summed E-state index contributed by atoms with van der Waals surface area (Å²) in [6.07, 6.45) is 4.28. The largest absolute Gasteiger partial charge is 0.316 e. The molecule has 0 saturated heterocycles. The molecule has 74 valence electrons. The molecule has 1 rings (SSSR count). The first kappa shape index (κ1) is 10.6. The van der Waals surface area contributed by atoms with Crippen molar-refractivity contribution in [3.8, 4) is 0 Å². The number of hydrogen-bond acceptors (Lipinski definition) is 2. The van der Waals surface area contributed by atoms with Crippen molar-refractivity contribution in [2.75, 3.05) is 13.6 Å². The number of halogens is 1. The van der Waals surface area contributed by atoms with Crippen LogP contribution in [0.2, 0.25) is 0 Å². The highest BCUT2D eigenvalue weighted by atomic mass is 19.1. The van der Waals surface area contributed by atoms with E-state index in [-0.39, 0.29) is 5.82 Å². The smallest absolute Gasteiger partial charge is 0.150 e. The maximum absolute atomic E-state index is 12.8. The molecule has 1 N–H and O–H groups in total. The van der Waals surface area contributed by atoms with E-state index in [9.17, 15) is 9.18 Å². The van der Waals surface area contributed by atoms with E-state index in [1.807, 2.05) is 13.1 Å². The number of rotatable bonds is 4. The van der Waals surface area contributed by atoms with Crippen molar-refractivity contribution in [2.24, 2.45) is 0 Å². The van der Waals surface area contributed by atoms with Crippen molar-refractivity contribution in [3.05, 3.63) is 41.2 Å². The molecule has 0 aliphatic heterocycles. The summed E-state index contributed by atoms with van der Waals surface area (Å²) in [6.45, 7) is 0.689. The highest BCUT2D eigenvalue weighted by Crippen LogP contribution is 2.10. The predicted octanol–water partition coefficient (Wildman–Crippen LogP) is 1.87. The molecule has 0 aliphatic rings. The first-order valence-corrected chi connectivity index (χ1v) is 4.34. The van der Waals surface area contributed by atoms with Crippen LogP contribution in [0.25, 0.3) is 6.08 Å². The Kier molecular flexibility index (Phi) is 4.01. The highest BCUT2D eigenvalue weighted by molar-refractivity contribution is 5.81. The van der Waals surface area contributed by atoms with E-state index in [4.69, 9.17) is 0 Å². The summed E-state index contributed by atoms with van der Waals surface area (Å²) in [7, 11) is 1.82. The van der Waals surface area contributed by atoms with Crippen LogP contribution in [0.5, 0.6) is 0 Å². The van der Waals surface area contributed by atoms with Gasteiger partial charge in [0, 0.05) is 12.1 Å². The Morgan fingerprint density at radius 1 is 1.43 bits per heavy atom. The second-order valence-electron chi connectivity index (χ2n) is 2.85. The molecule has 0 aliphatic carbocycles.